The van der Waals surface area contributed by atoms with Crippen molar-refractivity contribution in [1.82, 2.24) is 19.7 Å². The van der Waals surface area contributed by atoms with E-state index < -0.39 is 0 Å². The van der Waals surface area contributed by atoms with Crippen LogP contribution in [-0.2, 0) is 17.8 Å². The van der Waals surface area contributed by atoms with Crippen LogP contribution in [0.3, 0.4) is 0 Å². The molecule has 4 rings (SSSR count). The quantitative estimate of drug-likeness (QED) is 0.364. The first kappa shape index (κ1) is 22.3. The number of carbonyl (C=O) groups excluding carboxylic acids is 1. The number of hydrogen-bond acceptors (Lipinski definition) is 4. The molecule has 1 aliphatic rings. The molecule has 0 spiro atoms. The lowest BCUT2D eigenvalue weighted by molar-refractivity contribution is -0.129. The Morgan fingerprint density at radius 2 is 1.81 bits per heavy atom. The van der Waals surface area contributed by atoms with E-state index in [2.05, 4.69) is 41.0 Å². The van der Waals surface area contributed by atoms with Crippen LogP contribution in [0.4, 0.5) is 4.39 Å². The van der Waals surface area contributed by atoms with Crippen molar-refractivity contribution in [2.45, 2.75) is 31.0 Å². The molecule has 166 valence electrons. The molecule has 32 heavy (non-hydrogen) atoms. The third-order valence-corrected chi connectivity index (χ3v) is 6.74. The van der Waals surface area contributed by atoms with E-state index in [1.807, 2.05) is 15.5 Å². The van der Waals surface area contributed by atoms with Gasteiger partial charge < -0.3 is 4.90 Å². The summed E-state index contributed by atoms with van der Waals surface area (Å²) >= 11 is 1.39. The molecular formula is C25H27FN4OS. The van der Waals surface area contributed by atoms with Gasteiger partial charge in [0.1, 0.15) is 5.82 Å². The Labute approximate surface area is 192 Å². The molecule has 0 bridgehead atoms. The number of halogens is 1. The minimum Gasteiger partial charge on any atom is -0.342 e. The van der Waals surface area contributed by atoms with Gasteiger partial charge in [0.15, 0.2) is 11.0 Å². The van der Waals surface area contributed by atoms with Crippen LogP contribution in [0.25, 0.3) is 11.4 Å². The predicted octanol–water partition coefficient (Wildman–Crippen LogP) is 4.84. The number of carbonyl (C=O) groups is 1. The number of nitrogens with zero attached hydrogens (tertiary/aromatic N) is 4. The summed E-state index contributed by atoms with van der Waals surface area (Å²) in [5.74, 6) is 1.42. The zero-order valence-electron chi connectivity index (χ0n) is 18.0. The van der Waals surface area contributed by atoms with Crippen LogP contribution in [0.15, 0.2) is 72.4 Å². The van der Waals surface area contributed by atoms with Gasteiger partial charge >= 0.3 is 0 Å². The highest BCUT2D eigenvalue weighted by atomic mass is 32.2. The first-order chi connectivity index (χ1) is 15.6. The molecule has 1 aromatic heterocycles. The molecule has 0 saturated carbocycles. The second-order valence-electron chi connectivity index (χ2n) is 8.01. The van der Waals surface area contributed by atoms with E-state index in [1.165, 1.54) is 29.5 Å². The molecule has 7 heteroatoms. The van der Waals surface area contributed by atoms with Crippen molar-refractivity contribution in [3.8, 4) is 11.4 Å². The van der Waals surface area contributed by atoms with Crippen LogP contribution in [0.5, 0.6) is 0 Å². The SMILES string of the molecule is C=CCn1c(SCC(=O)N2CCC(Cc3ccccc3)CC2)nnc1-c1ccc(F)cc1. The molecule has 0 N–H and O–H groups in total. The molecule has 1 aliphatic heterocycles. The molecule has 0 atom stereocenters. The van der Waals surface area contributed by atoms with Crippen molar-refractivity contribution in [3.63, 3.8) is 0 Å². The molecule has 2 heterocycles. The van der Waals surface area contributed by atoms with Gasteiger partial charge in [-0.25, -0.2) is 4.39 Å². The Hall–Kier alpha value is -2.93. The van der Waals surface area contributed by atoms with E-state index in [1.54, 1.807) is 18.2 Å². The smallest absolute Gasteiger partial charge is 0.233 e. The van der Waals surface area contributed by atoms with Crippen LogP contribution < -0.4 is 0 Å². The minimum absolute atomic E-state index is 0.129. The number of benzene rings is 2. The molecule has 3 aromatic rings. The summed E-state index contributed by atoms with van der Waals surface area (Å²) in [6.45, 7) is 5.93. The molecule has 5 nitrogen and oxygen atoms in total. The predicted molar refractivity (Wildman–Crippen MR) is 126 cm³/mol. The van der Waals surface area contributed by atoms with Crippen molar-refractivity contribution in [1.29, 1.82) is 0 Å². The number of aromatic nitrogens is 3. The molecular weight excluding hydrogens is 423 g/mol. The second-order valence-corrected chi connectivity index (χ2v) is 8.96. The highest BCUT2D eigenvalue weighted by Gasteiger charge is 2.24. The summed E-state index contributed by atoms with van der Waals surface area (Å²) in [6.07, 6.45) is 4.91. The standard InChI is InChI=1S/C25H27FN4OS/c1-2-14-30-24(21-8-10-22(26)11-9-21)27-28-25(30)32-18-23(31)29-15-12-20(13-16-29)17-19-6-4-3-5-7-19/h2-11,20H,1,12-18H2. The minimum atomic E-state index is -0.295. The highest BCUT2D eigenvalue weighted by molar-refractivity contribution is 7.99. The van der Waals surface area contributed by atoms with Gasteiger partial charge in [-0.05, 0) is 55.0 Å². The molecule has 2 aromatic carbocycles. The molecule has 1 fully saturated rings. The molecule has 0 aliphatic carbocycles. The topological polar surface area (TPSA) is 51.0 Å². The summed E-state index contributed by atoms with van der Waals surface area (Å²) < 4.78 is 15.2. The maximum atomic E-state index is 13.3. The fraction of sp³-hybridized carbons (Fsp3) is 0.320. The third-order valence-electron chi connectivity index (χ3n) is 5.79. The van der Waals surface area contributed by atoms with E-state index >= 15 is 0 Å². The molecule has 1 amide bonds. The van der Waals surface area contributed by atoms with Crippen LogP contribution in [0.2, 0.25) is 0 Å². The van der Waals surface area contributed by atoms with E-state index in [-0.39, 0.29) is 11.7 Å². The van der Waals surface area contributed by atoms with Crippen LogP contribution >= 0.6 is 11.8 Å². The number of rotatable bonds is 8. The lowest BCUT2D eigenvalue weighted by atomic mass is 9.90. The van der Waals surface area contributed by atoms with Crippen LogP contribution in [0, 0.1) is 11.7 Å². The zero-order chi connectivity index (χ0) is 22.3. The normalized spacial score (nSPS) is 14.5. The lowest BCUT2D eigenvalue weighted by Crippen LogP contribution is -2.39. The van der Waals surface area contributed by atoms with Gasteiger partial charge in [-0.1, -0.05) is 48.2 Å². The maximum absolute atomic E-state index is 13.3. The summed E-state index contributed by atoms with van der Waals surface area (Å²) in [4.78, 5) is 14.8. The Balaban J connectivity index is 1.33. The average molecular weight is 451 g/mol. The van der Waals surface area contributed by atoms with Crippen molar-refractivity contribution >= 4 is 17.7 Å². The van der Waals surface area contributed by atoms with E-state index in [0.717, 1.165) is 37.9 Å². The first-order valence-electron chi connectivity index (χ1n) is 10.9. The van der Waals surface area contributed by atoms with Crippen LogP contribution in [-0.4, -0.2) is 44.4 Å². The number of likely N-dealkylation sites (tertiary alicyclic amines) is 1. The number of hydrogen-bond donors (Lipinski definition) is 0. The number of piperidine rings is 1. The van der Waals surface area contributed by atoms with E-state index in [0.29, 0.717) is 29.2 Å². The lowest BCUT2D eigenvalue weighted by Gasteiger charge is -2.32. The van der Waals surface area contributed by atoms with Crippen molar-refractivity contribution in [2.75, 3.05) is 18.8 Å². The third kappa shape index (κ3) is 5.46. The molecule has 0 radical (unpaired) electrons. The van der Waals surface area contributed by atoms with Gasteiger partial charge in [-0.3, -0.25) is 9.36 Å². The first-order valence-corrected chi connectivity index (χ1v) is 11.9. The van der Waals surface area contributed by atoms with Crippen LogP contribution in [0.1, 0.15) is 18.4 Å². The Kier molecular flexibility index (Phi) is 7.37. The summed E-state index contributed by atoms with van der Waals surface area (Å²) in [5.41, 5.74) is 2.14. The largest absolute Gasteiger partial charge is 0.342 e. The molecule has 1 saturated heterocycles. The average Bonchev–Trinajstić information content (AvgIpc) is 3.22. The van der Waals surface area contributed by atoms with Gasteiger partial charge in [0.25, 0.3) is 0 Å². The Bertz CT molecular complexity index is 1040. The summed E-state index contributed by atoms with van der Waals surface area (Å²) in [7, 11) is 0. The van der Waals surface area contributed by atoms with Crippen molar-refractivity contribution in [3.05, 3.63) is 78.6 Å². The Morgan fingerprint density at radius 1 is 1.09 bits per heavy atom. The zero-order valence-corrected chi connectivity index (χ0v) is 18.8. The highest BCUT2D eigenvalue weighted by Crippen LogP contribution is 2.26. The summed E-state index contributed by atoms with van der Waals surface area (Å²) in [6, 6.07) is 16.7. The molecule has 0 unspecified atom stereocenters. The monoisotopic (exact) mass is 450 g/mol. The van der Waals surface area contributed by atoms with Crippen molar-refractivity contribution in [2.24, 2.45) is 5.92 Å². The number of thioether (sulfide) groups is 1. The van der Waals surface area contributed by atoms with Gasteiger partial charge in [0.2, 0.25) is 5.91 Å². The van der Waals surface area contributed by atoms with Gasteiger partial charge in [0, 0.05) is 25.2 Å². The number of amides is 1. The fourth-order valence-corrected chi connectivity index (χ4v) is 4.90. The van der Waals surface area contributed by atoms with Crippen molar-refractivity contribution < 1.29 is 9.18 Å². The maximum Gasteiger partial charge on any atom is 0.233 e. The van der Waals surface area contributed by atoms with E-state index in [4.69, 9.17) is 0 Å². The second kappa shape index (κ2) is 10.6. The fourth-order valence-electron chi connectivity index (χ4n) is 4.05. The Morgan fingerprint density at radius 3 is 2.50 bits per heavy atom. The van der Waals surface area contributed by atoms with E-state index in [9.17, 15) is 9.18 Å². The van der Waals surface area contributed by atoms with Gasteiger partial charge in [-0.15, -0.1) is 16.8 Å². The van der Waals surface area contributed by atoms with Gasteiger partial charge in [-0.2, -0.15) is 0 Å². The summed E-state index contributed by atoms with van der Waals surface area (Å²) in [5, 5.41) is 9.21. The van der Waals surface area contributed by atoms with Gasteiger partial charge in [0.05, 0.1) is 5.75 Å². The number of allylic oxidation sites excluding steroid dienone is 1.